The van der Waals surface area contributed by atoms with Crippen LogP contribution in [0.2, 0.25) is 0 Å². The van der Waals surface area contributed by atoms with E-state index < -0.39 is 48.5 Å². The predicted octanol–water partition coefficient (Wildman–Crippen LogP) is 3.45. The minimum absolute atomic E-state index is 0.110. The molecule has 2 unspecified atom stereocenters. The van der Waals surface area contributed by atoms with Crippen molar-refractivity contribution < 1.29 is 62.9 Å². The smallest absolute Gasteiger partial charge is 0.369 e. The lowest BCUT2D eigenvalue weighted by atomic mass is 10.0. The van der Waals surface area contributed by atoms with E-state index in [4.69, 9.17) is 0 Å². The fourth-order valence-electron chi connectivity index (χ4n) is 1.79. The molecule has 1 heterocycles. The summed E-state index contributed by atoms with van der Waals surface area (Å²) in [6.07, 6.45) is -21.2. The topological polar surface area (TPSA) is 44.8 Å². The molecule has 1 rings (SSSR count). The van der Waals surface area contributed by atoms with Crippen LogP contribution in [0.15, 0.2) is 0 Å². The van der Waals surface area contributed by atoms with Crippen molar-refractivity contribution in [1.29, 1.82) is 0 Å². The van der Waals surface area contributed by atoms with E-state index in [-0.39, 0.29) is 20.1 Å². The maximum Gasteiger partial charge on any atom is 0.456 e. The largest absolute Gasteiger partial charge is 0.456 e. The number of alkyl halides is 10. The second kappa shape index (κ2) is 6.54. The molecular formula is C11H10F10O4. The summed E-state index contributed by atoms with van der Waals surface area (Å²) in [5, 5.41) is 0. The van der Waals surface area contributed by atoms with Gasteiger partial charge >= 0.3 is 30.2 Å². The Bertz CT molecular complexity index is 500. The zero-order valence-corrected chi connectivity index (χ0v) is 12.1. The van der Waals surface area contributed by atoms with Crippen LogP contribution in [0.5, 0.6) is 0 Å². The minimum atomic E-state index is -6.83. The molecule has 0 bridgehead atoms. The highest BCUT2D eigenvalue weighted by molar-refractivity contribution is 5.93. The van der Waals surface area contributed by atoms with Crippen molar-refractivity contribution in [1.82, 2.24) is 0 Å². The summed E-state index contributed by atoms with van der Waals surface area (Å²) in [4.78, 5) is 11.1. The van der Waals surface area contributed by atoms with Crippen molar-refractivity contribution in [3.8, 4) is 0 Å². The van der Waals surface area contributed by atoms with Gasteiger partial charge in [0.05, 0.1) is 0 Å². The van der Waals surface area contributed by atoms with Gasteiger partial charge in [-0.15, -0.1) is 0 Å². The molecule has 1 aliphatic rings. The van der Waals surface area contributed by atoms with E-state index in [1.165, 1.54) is 0 Å². The van der Waals surface area contributed by atoms with Crippen LogP contribution in [-0.2, 0) is 19.0 Å². The van der Waals surface area contributed by atoms with Crippen molar-refractivity contribution in [3.63, 3.8) is 0 Å². The van der Waals surface area contributed by atoms with E-state index in [1.54, 1.807) is 0 Å². The average Bonchev–Trinajstić information content (AvgIpc) is 2.99. The number of carbonyl (C=O) groups excluding carboxylic acids is 1. The number of Topliss-reactive ketones (excluding diaryl/α,β-unsaturated/α-hetero) is 1. The Morgan fingerprint density at radius 2 is 1.52 bits per heavy atom. The van der Waals surface area contributed by atoms with Crippen molar-refractivity contribution in [2.75, 3.05) is 13.7 Å². The molecule has 0 aromatic heterocycles. The maximum atomic E-state index is 13.9. The first kappa shape index (κ1) is 21.9. The average molecular weight is 396 g/mol. The first-order chi connectivity index (χ1) is 11.0. The second-order valence-electron chi connectivity index (χ2n) is 4.88. The highest BCUT2D eigenvalue weighted by Gasteiger charge is 2.78. The van der Waals surface area contributed by atoms with Gasteiger partial charge in [0.25, 0.3) is 5.78 Å². The number of hydrogen-bond acceptors (Lipinski definition) is 4. The standard InChI is InChI=1S/C11H10F10O4/c1-23-11(20,21)7(12,13)6(22)8(14,10(17,18)19)25-9(15,16)5-3-2-4-24-5/h5H,2-4H2,1H3. The quantitative estimate of drug-likeness (QED) is 0.619. The first-order valence-electron chi connectivity index (χ1n) is 6.34. The molecule has 0 radical (unpaired) electrons. The van der Waals surface area contributed by atoms with Gasteiger partial charge in [-0.25, -0.2) is 0 Å². The van der Waals surface area contributed by atoms with Crippen LogP contribution in [0, 0.1) is 0 Å². The number of hydrogen-bond donors (Lipinski definition) is 0. The number of ether oxygens (including phenoxy) is 3. The van der Waals surface area contributed by atoms with Crippen molar-refractivity contribution >= 4 is 5.78 Å². The number of halogens is 10. The zero-order valence-electron chi connectivity index (χ0n) is 12.1. The lowest BCUT2D eigenvalue weighted by Gasteiger charge is -2.35. The number of carbonyl (C=O) groups is 1. The van der Waals surface area contributed by atoms with Gasteiger partial charge in [0, 0.05) is 13.7 Å². The van der Waals surface area contributed by atoms with Gasteiger partial charge in [-0.1, -0.05) is 0 Å². The van der Waals surface area contributed by atoms with E-state index >= 15 is 0 Å². The molecule has 1 saturated heterocycles. The van der Waals surface area contributed by atoms with Crippen LogP contribution in [0.25, 0.3) is 0 Å². The van der Waals surface area contributed by atoms with Crippen LogP contribution in [0.4, 0.5) is 43.9 Å². The molecule has 148 valence electrons. The molecule has 0 amide bonds. The van der Waals surface area contributed by atoms with Crippen LogP contribution >= 0.6 is 0 Å². The summed E-state index contributed by atoms with van der Waals surface area (Å²) >= 11 is 0. The fraction of sp³-hybridized carbons (Fsp3) is 0.909. The van der Waals surface area contributed by atoms with Crippen LogP contribution in [-0.4, -0.2) is 55.8 Å². The van der Waals surface area contributed by atoms with E-state index in [2.05, 4.69) is 14.2 Å². The molecule has 14 heteroatoms. The number of rotatable bonds is 7. The molecule has 0 N–H and O–H groups in total. The van der Waals surface area contributed by atoms with Crippen molar-refractivity contribution in [2.45, 2.75) is 49.1 Å². The maximum absolute atomic E-state index is 13.9. The SMILES string of the molecule is COC(F)(F)C(F)(F)C(=O)C(F)(OC(F)(F)C1CCCO1)C(F)(F)F. The molecule has 0 aliphatic carbocycles. The molecule has 0 aromatic carbocycles. The van der Waals surface area contributed by atoms with Gasteiger partial charge < -0.3 is 9.47 Å². The highest BCUT2D eigenvalue weighted by atomic mass is 19.4. The van der Waals surface area contributed by atoms with Gasteiger partial charge in [0.1, 0.15) is 6.10 Å². The van der Waals surface area contributed by atoms with Gasteiger partial charge in [0.15, 0.2) is 0 Å². The number of methoxy groups -OCH3 is 1. The van der Waals surface area contributed by atoms with E-state index in [0.717, 1.165) is 0 Å². The van der Waals surface area contributed by atoms with Gasteiger partial charge in [-0.2, -0.15) is 43.9 Å². The van der Waals surface area contributed by atoms with E-state index in [9.17, 15) is 48.7 Å². The molecule has 2 atom stereocenters. The van der Waals surface area contributed by atoms with E-state index in [1.807, 2.05) is 0 Å². The van der Waals surface area contributed by atoms with Crippen LogP contribution in [0.1, 0.15) is 12.8 Å². The van der Waals surface area contributed by atoms with Crippen LogP contribution in [0.3, 0.4) is 0 Å². The number of ketones is 1. The van der Waals surface area contributed by atoms with Gasteiger partial charge in [-0.05, 0) is 12.8 Å². The third-order valence-electron chi connectivity index (χ3n) is 3.14. The van der Waals surface area contributed by atoms with Gasteiger partial charge in [0.2, 0.25) is 0 Å². The molecule has 1 fully saturated rings. The third-order valence-corrected chi connectivity index (χ3v) is 3.14. The van der Waals surface area contributed by atoms with Crippen LogP contribution < -0.4 is 0 Å². The molecular weight excluding hydrogens is 386 g/mol. The normalized spacial score (nSPS) is 22.8. The third kappa shape index (κ3) is 3.84. The Kier molecular flexibility index (Phi) is 5.72. The minimum Gasteiger partial charge on any atom is -0.369 e. The Labute approximate surface area is 133 Å². The lowest BCUT2D eigenvalue weighted by Crippen LogP contribution is -2.64. The van der Waals surface area contributed by atoms with E-state index in [0.29, 0.717) is 0 Å². The summed E-state index contributed by atoms with van der Waals surface area (Å²) in [7, 11) is -0.128. The zero-order chi connectivity index (χ0) is 19.9. The monoisotopic (exact) mass is 396 g/mol. The summed E-state index contributed by atoms with van der Waals surface area (Å²) in [6, 6.07) is 0. The highest BCUT2D eigenvalue weighted by Crippen LogP contribution is 2.48. The molecule has 0 saturated carbocycles. The summed E-state index contributed by atoms with van der Waals surface area (Å²) in [6.45, 7) is -0.388. The Morgan fingerprint density at radius 1 is 1.00 bits per heavy atom. The summed E-state index contributed by atoms with van der Waals surface area (Å²) in [5.41, 5.74) is 0. The lowest BCUT2D eigenvalue weighted by molar-refractivity contribution is -0.419. The molecule has 25 heavy (non-hydrogen) atoms. The molecule has 4 nitrogen and oxygen atoms in total. The summed E-state index contributed by atoms with van der Waals surface area (Å²) in [5.74, 6) is -17.2. The second-order valence-corrected chi connectivity index (χ2v) is 4.88. The fourth-order valence-corrected chi connectivity index (χ4v) is 1.79. The summed E-state index contributed by atoms with van der Waals surface area (Å²) < 4.78 is 141. The molecule has 0 spiro atoms. The van der Waals surface area contributed by atoms with Gasteiger partial charge in [-0.3, -0.25) is 9.53 Å². The Balaban J connectivity index is 3.30. The van der Waals surface area contributed by atoms with Crippen molar-refractivity contribution in [2.24, 2.45) is 0 Å². The van der Waals surface area contributed by atoms with Crippen molar-refractivity contribution in [3.05, 3.63) is 0 Å². The Morgan fingerprint density at radius 3 is 1.88 bits per heavy atom. The Hall–Kier alpha value is -1.15. The first-order valence-corrected chi connectivity index (χ1v) is 6.34. The molecule has 0 aromatic rings. The molecule has 1 aliphatic heterocycles. The predicted molar refractivity (Wildman–Crippen MR) is 56.8 cm³/mol.